The zero-order chi connectivity index (χ0) is 25.1. The zero-order valence-electron chi connectivity index (χ0n) is 17.4. The Labute approximate surface area is 194 Å². The summed E-state index contributed by atoms with van der Waals surface area (Å²) < 4.78 is 55.9. The van der Waals surface area contributed by atoms with E-state index in [9.17, 15) is 33.9 Å². The molecule has 0 aliphatic carbocycles. The third kappa shape index (κ3) is 4.69. The monoisotopic (exact) mass is 539 g/mol. The number of aliphatic hydroxyl groups excluding tert-OH is 2. The smallest absolute Gasteiger partial charge is 0.280 e. The first-order valence-electron chi connectivity index (χ1n) is 10.1. The van der Waals surface area contributed by atoms with Crippen LogP contribution in [0.3, 0.4) is 0 Å². The van der Waals surface area contributed by atoms with Crippen molar-refractivity contribution in [3.8, 4) is 0 Å². The summed E-state index contributed by atoms with van der Waals surface area (Å²) in [7, 11) is -9.87. The van der Waals surface area contributed by atoms with Gasteiger partial charge < -0.3 is 53.3 Å². The minimum atomic E-state index is -5.10. The number of nitrogens with one attached hydrogen (secondary N) is 1. The van der Waals surface area contributed by atoms with Crippen LogP contribution in [0.25, 0.3) is 11.2 Å². The van der Waals surface area contributed by atoms with Gasteiger partial charge in [0.05, 0.1) is 26.1 Å². The van der Waals surface area contributed by atoms with Gasteiger partial charge in [-0.15, -0.1) is 0 Å². The fourth-order valence-electron chi connectivity index (χ4n) is 4.06. The molecular formula is C15H19N5O13P2-2. The van der Waals surface area contributed by atoms with Crippen molar-refractivity contribution in [2.45, 2.75) is 42.9 Å². The number of aliphatic hydroxyl groups is 2. The number of H-pyrrole nitrogens is 1. The van der Waals surface area contributed by atoms with Crippen LogP contribution in [0.5, 0.6) is 0 Å². The van der Waals surface area contributed by atoms with Crippen molar-refractivity contribution < 1.29 is 56.7 Å². The third-order valence-corrected chi connectivity index (χ3v) is 7.54. The molecule has 2 unspecified atom stereocenters. The van der Waals surface area contributed by atoms with Crippen molar-refractivity contribution in [3.63, 3.8) is 0 Å². The Morgan fingerprint density at radius 2 is 2.11 bits per heavy atom. The van der Waals surface area contributed by atoms with Crippen LogP contribution >= 0.6 is 15.6 Å². The Morgan fingerprint density at radius 3 is 2.86 bits per heavy atom. The SMILES string of the molecule is Nc1nc2c(ncn2[C@@H]2O[C@H](COP(=O)([O-])O[C@H]3[C@@H](O)CO[C@@H]3CO)[C@H]3OP(=O)([O-])O[C@H]32)c(=O)[nH]1. The highest BCUT2D eigenvalue weighted by Gasteiger charge is 2.55. The Hall–Kier alpha value is -1.79. The summed E-state index contributed by atoms with van der Waals surface area (Å²) in [6.45, 7) is -1.63. The van der Waals surface area contributed by atoms with E-state index in [2.05, 4.69) is 15.0 Å². The number of aromatic nitrogens is 4. The summed E-state index contributed by atoms with van der Waals surface area (Å²) in [5.41, 5.74) is 4.77. The Balaban J connectivity index is 1.36. The van der Waals surface area contributed by atoms with Gasteiger partial charge in [-0.25, -0.2) is 4.98 Å². The van der Waals surface area contributed by atoms with Crippen LogP contribution in [0.1, 0.15) is 6.23 Å². The standard InChI is InChI=1S/C15H21N5O13P2/c16-15-18-12-8(13(23)19-15)17-4-20(12)14-11-10(32-35(26,27)33-11)7(30-14)3-29-34(24,25)31-9-5(22)2-28-6(9)1-21/h4-7,9-11,14,21-22H,1-3H2,(H,24,25)(H,26,27)(H3,16,18,19,23)/p-2/t5-,6+,7+,9-,10+,11+,14+/m0/s1. The van der Waals surface area contributed by atoms with Gasteiger partial charge in [-0.2, -0.15) is 4.98 Å². The summed E-state index contributed by atoms with van der Waals surface area (Å²) in [5, 5.41) is 19.1. The molecule has 2 aromatic heterocycles. The van der Waals surface area contributed by atoms with Crippen LogP contribution in [0, 0.1) is 0 Å². The van der Waals surface area contributed by atoms with Gasteiger partial charge in [-0.3, -0.25) is 23.5 Å². The van der Waals surface area contributed by atoms with E-state index in [1.807, 2.05) is 0 Å². The first kappa shape index (κ1) is 24.9. The molecule has 3 saturated heterocycles. The zero-order valence-corrected chi connectivity index (χ0v) is 19.2. The van der Waals surface area contributed by atoms with Gasteiger partial charge in [0.2, 0.25) is 5.95 Å². The molecular weight excluding hydrogens is 520 g/mol. The van der Waals surface area contributed by atoms with Gasteiger partial charge in [0, 0.05) is 0 Å². The predicted molar refractivity (Wildman–Crippen MR) is 105 cm³/mol. The highest BCUT2D eigenvalue weighted by molar-refractivity contribution is 7.46. The minimum Gasteiger partial charge on any atom is -0.756 e. The lowest BCUT2D eigenvalue weighted by atomic mass is 10.1. The molecule has 0 aromatic carbocycles. The molecule has 0 radical (unpaired) electrons. The minimum absolute atomic E-state index is 0.0455. The van der Waals surface area contributed by atoms with Crippen LogP contribution in [0.4, 0.5) is 5.95 Å². The molecule has 3 aliphatic heterocycles. The first-order chi connectivity index (χ1) is 16.5. The van der Waals surface area contributed by atoms with Gasteiger partial charge >= 0.3 is 0 Å². The van der Waals surface area contributed by atoms with Crippen LogP contribution in [0.15, 0.2) is 11.1 Å². The number of fused-ring (bicyclic) bond motifs is 2. The van der Waals surface area contributed by atoms with Crippen molar-refractivity contribution >= 4 is 32.8 Å². The van der Waals surface area contributed by atoms with E-state index in [0.717, 1.165) is 6.33 Å². The number of hydrogen-bond donors (Lipinski definition) is 4. The van der Waals surface area contributed by atoms with Gasteiger partial charge in [-0.05, 0) is 0 Å². The first-order valence-corrected chi connectivity index (χ1v) is 13.0. The molecule has 3 aliphatic rings. The number of rotatable bonds is 7. The summed E-state index contributed by atoms with van der Waals surface area (Å²) in [6, 6.07) is 0. The normalized spacial score (nSPS) is 38.7. The number of hydrogen-bond acceptors (Lipinski definition) is 16. The number of anilines is 1. The summed E-state index contributed by atoms with van der Waals surface area (Å²) in [5.74, 6) is -0.236. The molecule has 3 fully saturated rings. The van der Waals surface area contributed by atoms with E-state index in [1.54, 1.807) is 0 Å². The molecule has 0 bridgehead atoms. The molecule has 35 heavy (non-hydrogen) atoms. The maximum absolute atomic E-state index is 12.3. The van der Waals surface area contributed by atoms with Crippen molar-refractivity contribution in [2.75, 3.05) is 25.6 Å². The number of phosphoric ester groups is 2. The quantitative estimate of drug-likeness (QED) is 0.248. The van der Waals surface area contributed by atoms with Crippen molar-refractivity contribution in [1.29, 1.82) is 0 Å². The van der Waals surface area contributed by atoms with Crippen molar-refractivity contribution in [3.05, 3.63) is 16.7 Å². The molecule has 18 nitrogen and oxygen atoms in total. The van der Waals surface area contributed by atoms with E-state index in [0.29, 0.717) is 0 Å². The summed E-state index contributed by atoms with van der Waals surface area (Å²) >= 11 is 0. The van der Waals surface area contributed by atoms with Crippen LogP contribution in [-0.4, -0.2) is 86.2 Å². The fourth-order valence-corrected chi connectivity index (χ4v) is 6.15. The van der Waals surface area contributed by atoms with Gasteiger partial charge in [0.25, 0.3) is 21.2 Å². The number of nitrogen functional groups attached to an aromatic ring is 1. The second-order valence-corrected chi connectivity index (χ2v) is 10.5. The molecule has 20 heteroatoms. The molecule has 5 N–H and O–H groups in total. The Kier molecular flexibility index (Phi) is 6.36. The average Bonchev–Trinajstić information content (AvgIpc) is 3.49. The van der Waals surface area contributed by atoms with E-state index >= 15 is 0 Å². The highest BCUT2D eigenvalue weighted by Crippen LogP contribution is 2.56. The van der Waals surface area contributed by atoms with E-state index < -0.39 is 77.3 Å². The number of nitrogens with zero attached hydrogens (tertiary/aromatic N) is 3. The number of nitrogens with two attached hydrogens (primary N) is 1. The second kappa shape index (κ2) is 8.95. The highest BCUT2D eigenvalue weighted by atomic mass is 31.2. The molecule has 194 valence electrons. The molecule has 5 heterocycles. The fraction of sp³-hybridized carbons (Fsp3) is 0.667. The van der Waals surface area contributed by atoms with Gasteiger partial charge in [0.1, 0.15) is 36.6 Å². The number of phosphoric acid groups is 2. The summed E-state index contributed by atoms with van der Waals surface area (Å²) in [4.78, 5) is 46.5. The molecule has 2 aromatic rings. The lowest BCUT2D eigenvalue weighted by Crippen LogP contribution is -2.37. The lowest BCUT2D eigenvalue weighted by molar-refractivity contribution is -0.237. The molecule has 0 amide bonds. The second-order valence-electron chi connectivity index (χ2n) is 7.86. The van der Waals surface area contributed by atoms with Crippen LogP contribution in [-0.2, 0) is 36.7 Å². The Morgan fingerprint density at radius 1 is 1.37 bits per heavy atom. The lowest BCUT2D eigenvalue weighted by Gasteiger charge is -2.30. The van der Waals surface area contributed by atoms with Crippen molar-refractivity contribution in [2.24, 2.45) is 0 Å². The predicted octanol–water partition coefficient (Wildman–Crippen LogP) is -3.53. The van der Waals surface area contributed by atoms with Gasteiger partial charge in [0.15, 0.2) is 17.4 Å². The average molecular weight is 539 g/mol. The topological polar surface area (TPSA) is 266 Å². The van der Waals surface area contributed by atoms with Gasteiger partial charge in [-0.1, -0.05) is 0 Å². The molecule has 5 rings (SSSR count). The van der Waals surface area contributed by atoms with Crippen LogP contribution in [0.2, 0.25) is 0 Å². The molecule has 0 spiro atoms. The maximum atomic E-state index is 12.3. The summed E-state index contributed by atoms with van der Waals surface area (Å²) in [6.07, 6.45) is -7.90. The van der Waals surface area contributed by atoms with Crippen LogP contribution < -0.4 is 21.1 Å². The van der Waals surface area contributed by atoms with E-state index in [4.69, 9.17) is 33.3 Å². The number of aromatic amines is 1. The largest absolute Gasteiger partial charge is 0.756 e. The Bertz CT molecular complexity index is 1270. The molecule has 9 atom stereocenters. The number of ether oxygens (including phenoxy) is 2. The number of imidazole rings is 1. The molecule has 0 saturated carbocycles. The maximum Gasteiger partial charge on any atom is 0.280 e. The van der Waals surface area contributed by atoms with Crippen molar-refractivity contribution in [1.82, 2.24) is 19.5 Å². The third-order valence-electron chi connectivity index (χ3n) is 5.57. The van der Waals surface area contributed by atoms with E-state index in [-0.39, 0.29) is 23.7 Å². The van der Waals surface area contributed by atoms with E-state index in [1.165, 1.54) is 4.57 Å².